The lowest BCUT2D eigenvalue weighted by Gasteiger charge is -2.32. The van der Waals surface area contributed by atoms with Gasteiger partial charge in [0.25, 0.3) is 0 Å². The lowest BCUT2D eigenvalue weighted by atomic mass is 10.1. The van der Waals surface area contributed by atoms with Crippen LogP contribution in [0.1, 0.15) is 44.6 Å². The molecule has 0 aromatic heterocycles. The van der Waals surface area contributed by atoms with Gasteiger partial charge in [-0.25, -0.2) is 0 Å². The van der Waals surface area contributed by atoms with Crippen LogP contribution in [0.4, 0.5) is 24.5 Å². The molecule has 3 aliphatic rings. The monoisotopic (exact) mass is 381 g/mol. The molecule has 1 N–H and O–H groups in total. The minimum absolute atomic E-state index is 0.133. The van der Waals surface area contributed by atoms with E-state index >= 15 is 0 Å². The minimum atomic E-state index is -4.50. The molecule has 1 aromatic carbocycles. The number of rotatable bonds is 4. The Labute approximate surface area is 157 Å². The number of alkyl halides is 3. The number of benzene rings is 1. The predicted octanol–water partition coefficient (Wildman–Crippen LogP) is 4.12. The van der Waals surface area contributed by atoms with Crippen LogP contribution in [0.25, 0.3) is 0 Å². The second kappa shape index (κ2) is 7.00. The highest BCUT2D eigenvalue weighted by Gasteiger charge is 2.39. The van der Waals surface area contributed by atoms with Crippen LogP contribution in [-0.2, 0) is 11.0 Å². The first-order valence-corrected chi connectivity index (χ1v) is 9.87. The summed E-state index contributed by atoms with van der Waals surface area (Å²) < 4.78 is 40.9. The number of anilines is 2. The van der Waals surface area contributed by atoms with Gasteiger partial charge >= 0.3 is 6.18 Å². The maximum Gasteiger partial charge on any atom is 0.418 e. The van der Waals surface area contributed by atoms with E-state index in [2.05, 4.69) is 22.0 Å². The van der Waals surface area contributed by atoms with Crippen molar-refractivity contribution in [2.45, 2.75) is 57.3 Å². The summed E-state index contributed by atoms with van der Waals surface area (Å²) in [4.78, 5) is 16.5. The second-order valence-electron chi connectivity index (χ2n) is 8.02. The molecule has 1 amide bonds. The molecule has 2 saturated heterocycles. The Bertz CT molecular complexity index is 711. The first-order valence-electron chi connectivity index (χ1n) is 9.87. The van der Waals surface area contributed by atoms with Crippen molar-refractivity contribution in [3.05, 3.63) is 23.8 Å². The Hall–Kier alpha value is -1.76. The molecule has 1 aromatic rings. The number of nitrogens with one attached hydrogen (secondary N) is 1. The molecule has 0 bridgehead atoms. The summed E-state index contributed by atoms with van der Waals surface area (Å²) in [5.74, 6) is -0.442. The molecule has 148 valence electrons. The number of hydrogen-bond donors (Lipinski definition) is 1. The molecule has 0 radical (unpaired) electrons. The molecule has 1 saturated carbocycles. The van der Waals surface area contributed by atoms with Crippen LogP contribution in [0.15, 0.2) is 18.2 Å². The van der Waals surface area contributed by atoms with E-state index in [1.165, 1.54) is 25.0 Å². The molecule has 7 heteroatoms. The van der Waals surface area contributed by atoms with Crippen LogP contribution in [0, 0.1) is 5.92 Å². The molecule has 2 atom stereocenters. The fourth-order valence-corrected chi connectivity index (χ4v) is 4.48. The Morgan fingerprint density at radius 2 is 1.81 bits per heavy atom. The summed E-state index contributed by atoms with van der Waals surface area (Å²) in [7, 11) is 0. The average molecular weight is 381 g/mol. The first kappa shape index (κ1) is 18.6. The topological polar surface area (TPSA) is 35.6 Å². The number of hydrogen-bond acceptors (Lipinski definition) is 3. The summed E-state index contributed by atoms with van der Waals surface area (Å²) in [5.41, 5.74) is -0.308. The smallest absolute Gasteiger partial charge is 0.367 e. The Kier molecular flexibility index (Phi) is 4.82. The third-order valence-corrected chi connectivity index (χ3v) is 6.17. The highest BCUT2D eigenvalue weighted by atomic mass is 19.4. The Morgan fingerprint density at radius 1 is 1.11 bits per heavy atom. The van der Waals surface area contributed by atoms with E-state index in [0.717, 1.165) is 38.9 Å². The highest BCUT2D eigenvalue weighted by Crippen LogP contribution is 2.40. The normalized spacial score (nSPS) is 26.6. The van der Waals surface area contributed by atoms with E-state index in [4.69, 9.17) is 0 Å². The van der Waals surface area contributed by atoms with E-state index in [0.29, 0.717) is 11.7 Å². The molecule has 4 nitrogen and oxygen atoms in total. The molecule has 3 fully saturated rings. The fourth-order valence-electron chi connectivity index (χ4n) is 4.48. The average Bonchev–Trinajstić information content (AvgIpc) is 3.20. The molecule has 27 heavy (non-hydrogen) atoms. The van der Waals surface area contributed by atoms with Crippen LogP contribution < -0.4 is 10.2 Å². The van der Waals surface area contributed by atoms with Gasteiger partial charge in [-0.15, -0.1) is 0 Å². The van der Waals surface area contributed by atoms with E-state index in [-0.39, 0.29) is 23.6 Å². The van der Waals surface area contributed by atoms with Crippen LogP contribution in [-0.4, -0.2) is 42.5 Å². The van der Waals surface area contributed by atoms with Crippen molar-refractivity contribution in [2.24, 2.45) is 5.92 Å². The molecule has 1 aliphatic carbocycles. The third kappa shape index (κ3) is 3.79. The van der Waals surface area contributed by atoms with Gasteiger partial charge in [-0.3, -0.25) is 9.69 Å². The summed E-state index contributed by atoms with van der Waals surface area (Å²) in [5, 5.41) is 2.48. The molecule has 2 aliphatic heterocycles. The highest BCUT2D eigenvalue weighted by molar-refractivity contribution is 5.95. The van der Waals surface area contributed by atoms with Crippen molar-refractivity contribution < 1.29 is 18.0 Å². The minimum Gasteiger partial charge on any atom is -0.367 e. The number of amides is 1. The molecule has 0 spiro atoms. The fraction of sp³-hybridized carbons (Fsp3) is 0.650. The molecule has 2 unspecified atom stereocenters. The first-order chi connectivity index (χ1) is 12.8. The number of carbonyl (C=O) groups excluding carboxylic acids is 1. The van der Waals surface area contributed by atoms with Crippen LogP contribution in [0.5, 0.6) is 0 Å². The predicted molar refractivity (Wildman–Crippen MR) is 98.8 cm³/mol. The summed E-state index contributed by atoms with van der Waals surface area (Å²) in [6.07, 6.45) is 0.402. The van der Waals surface area contributed by atoms with E-state index in [9.17, 15) is 18.0 Å². The van der Waals surface area contributed by atoms with Gasteiger partial charge in [0.15, 0.2) is 0 Å². The van der Waals surface area contributed by atoms with Gasteiger partial charge in [-0.2, -0.15) is 13.2 Å². The van der Waals surface area contributed by atoms with Gasteiger partial charge in [0.1, 0.15) is 0 Å². The number of carbonyl (C=O) groups is 1. The van der Waals surface area contributed by atoms with Crippen molar-refractivity contribution in [3.63, 3.8) is 0 Å². The van der Waals surface area contributed by atoms with Gasteiger partial charge in [0.05, 0.1) is 11.3 Å². The van der Waals surface area contributed by atoms with Gasteiger partial charge in [-0.1, -0.05) is 0 Å². The van der Waals surface area contributed by atoms with Gasteiger partial charge < -0.3 is 10.2 Å². The zero-order chi connectivity index (χ0) is 19.2. The third-order valence-electron chi connectivity index (χ3n) is 6.17. The maximum atomic E-state index is 13.6. The van der Waals surface area contributed by atoms with Crippen molar-refractivity contribution in [2.75, 3.05) is 29.9 Å². The van der Waals surface area contributed by atoms with Gasteiger partial charge in [0, 0.05) is 30.2 Å². The number of likely N-dealkylation sites (tertiary alicyclic amines) is 1. The van der Waals surface area contributed by atoms with E-state index in [1.807, 2.05) is 0 Å². The van der Waals surface area contributed by atoms with Gasteiger partial charge in [0.2, 0.25) is 5.91 Å². The van der Waals surface area contributed by atoms with Crippen LogP contribution >= 0.6 is 0 Å². The summed E-state index contributed by atoms with van der Waals surface area (Å²) >= 11 is 0. The Morgan fingerprint density at radius 3 is 2.44 bits per heavy atom. The maximum absolute atomic E-state index is 13.6. The van der Waals surface area contributed by atoms with Crippen LogP contribution in [0.3, 0.4) is 0 Å². The van der Waals surface area contributed by atoms with E-state index < -0.39 is 11.7 Å². The van der Waals surface area contributed by atoms with Crippen molar-refractivity contribution in [1.82, 2.24) is 4.90 Å². The number of nitrogens with zero attached hydrogens (tertiary/aromatic N) is 2. The van der Waals surface area contributed by atoms with E-state index in [1.54, 1.807) is 6.07 Å². The van der Waals surface area contributed by atoms with Crippen molar-refractivity contribution >= 4 is 17.3 Å². The zero-order valence-electron chi connectivity index (χ0n) is 15.6. The molecular formula is C20H26F3N3O. The standard InChI is InChI=1S/C20H26F3N3O/c1-13-18(25-9-2-3-10-25)8-11-26(13)15-6-7-17(16(12-15)20(21,22)23)24-19(27)14-4-5-14/h6-7,12-14,18H,2-5,8-11H2,1H3,(H,24,27). The summed E-state index contributed by atoms with van der Waals surface area (Å²) in [6, 6.07) is 4.90. The second-order valence-corrected chi connectivity index (χ2v) is 8.02. The molecule has 2 heterocycles. The number of halogens is 3. The van der Waals surface area contributed by atoms with Gasteiger partial charge in [-0.05, 0) is 70.3 Å². The molecule has 4 rings (SSSR count). The van der Waals surface area contributed by atoms with Crippen molar-refractivity contribution in [3.8, 4) is 0 Å². The van der Waals surface area contributed by atoms with Crippen molar-refractivity contribution in [1.29, 1.82) is 0 Å². The molecular weight excluding hydrogens is 355 g/mol. The summed E-state index contributed by atoms with van der Waals surface area (Å²) in [6.45, 7) is 5.03. The zero-order valence-corrected chi connectivity index (χ0v) is 15.6. The SMILES string of the molecule is CC1C(N2CCCC2)CCN1c1ccc(NC(=O)C2CC2)c(C(F)(F)F)c1. The lowest BCUT2D eigenvalue weighted by molar-refractivity contribution is -0.136. The van der Waals surface area contributed by atoms with Crippen LogP contribution in [0.2, 0.25) is 0 Å². The Balaban J connectivity index is 1.56. The quantitative estimate of drug-likeness (QED) is 0.852. The largest absolute Gasteiger partial charge is 0.418 e. The lowest BCUT2D eigenvalue weighted by Crippen LogP contribution is -2.42.